The standard InChI is InChI=1S/C12H22N4O/c1-3-6-16-11(10(13)9(2)15-16)14-7-12(8-17)4-5-12/h14,17H,3-8,13H2,1-2H3. The van der Waals surface area contributed by atoms with E-state index in [0.29, 0.717) is 0 Å². The van der Waals surface area contributed by atoms with E-state index in [9.17, 15) is 5.11 Å². The minimum atomic E-state index is 0.0850. The number of nitrogens with zero attached hydrogens (tertiary/aromatic N) is 2. The van der Waals surface area contributed by atoms with Crippen LogP contribution in [0.25, 0.3) is 0 Å². The fraction of sp³-hybridized carbons (Fsp3) is 0.750. The number of nitrogen functional groups attached to an aromatic ring is 1. The quantitative estimate of drug-likeness (QED) is 0.699. The molecule has 0 saturated heterocycles. The molecule has 0 spiro atoms. The molecule has 0 bridgehead atoms. The van der Waals surface area contributed by atoms with Gasteiger partial charge >= 0.3 is 0 Å². The molecule has 0 amide bonds. The van der Waals surface area contributed by atoms with Gasteiger partial charge < -0.3 is 16.2 Å². The first-order valence-electron chi connectivity index (χ1n) is 6.29. The fourth-order valence-electron chi connectivity index (χ4n) is 1.99. The number of aliphatic hydroxyl groups is 1. The van der Waals surface area contributed by atoms with E-state index in [2.05, 4.69) is 17.3 Å². The summed E-state index contributed by atoms with van der Waals surface area (Å²) in [5.74, 6) is 0.907. The number of nitrogens with one attached hydrogen (secondary N) is 1. The van der Waals surface area contributed by atoms with Crippen LogP contribution in [0, 0.1) is 12.3 Å². The summed E-state index contributed by atoms with van der Waals surface area (Å²) in [5.41, 5.74) is 7.70. The monoisotopic (exact) mass is 238 g/mol. The van der Waals surface area contributed by atoms with Crippen molar-refractivity contribution in [3.63, 3.8) is 0 Å². The molecule has 96 valence electrons. The summed E-state index contributed by atoms with van der Waals surface area (Å²) in [6.07, 6.45) is 3.22. The zero-order chi connectivity index (χ0) is 12.5. The van der Waals surface area contributed by atoms with E-state index >= 15 is 0 Å². The summed E-state index contributed by atoms with van der Waals surface area (Å²) in [6.45, 7) is 5.94. The normalized spacial score (nSPS) is 17.1. The van der Waals surface area contributed by atoms with Gasteiger partial charge in [0.2, 0.25) is 0 Å². The molecule has 0 aromatic carbocycles. The van der Waals surface area contributed by atoms with Crippen LogP contribution in [0.2, 0.25) is 0 Å². The average molecular weight is 238 g/mol. The summed E-state index contributed by atoms with van der Waals surface area (Å²) in [7, 11) is 0. The number of aliphatic hydroxyl groups excluding tert-OH is 1. The first kappa shape index (κ1) is 12.2. The van der Waals surface area contributed by atoms with E-state index in [4.69, 9.17) is 5.73 Å². The molecule has 1 fully saturated rings. The maximum absolute atomic E-state index is 9.29. The first-order valence-corrected chi connectivity index (χ1v) is 6.29. The van der Waals surface area contributed by atoms with Gasteiger partial charge in [0.1, 0.15) is 5.82 Å². The predicted octanol–water partition coefficient (Wildman–Crippen LogP) is 1.37. The molecule has 0 radical (unpaired) electrons. The SMILES string of the molecule is CCCn1nc(C)c(N)c1NCC1(CO)CC1. The Balaban J connectivity index is 2.08. The highest BCUT2D eigenvalue weighted by molar-refractivity contribution is 5.64. The van der Waals surface area contributed by atoms with Gasteiger partial charge in [0.05, 0.1) is 18.0 Å². The number of rotatable bonds is 6. The average Bonchev–Trinajstić information content (AvgIpc) is 3.04. The van der Waals surface area contributed by atoms with Crippen LogP contribution in [0.3, 0.4) is 0 Å². The van der Waals surface area contributed by atoms with Crippen molar-refractivity contribution in [3.05, 3.63) is 5.69 Å². The maximum atomic E-state index is 9.29. The summed E-state index contributed by atoms with van der Waals surface area (Å²) in [4.78, 5) is 0. The van der Waals surface area contributed by atoms with Gasteiger partial charge in [0, 0.05) is 18.5 Å². The van der Waals surface area contributed by atoms with E-state index in [-0.39, 0.29) is 12.0 Å². The van der Waals surface area contributed by atoms with Crippen LogP contribution in [-0.4, -0.2) is 28.0 Å². The minimum absolute atomic E-state index is 0.0850. The predicted molar refractivity (Wildman–Crippen MR) is 68.9 cm³/mol. The molecule has 5 heteroatoms. The smallest absolute Gasteiger partial charge is 0.148 e. The number of anilines is 2. The third-order valence-electron chi connectivity index (χ3n) is 3.53. The van der Waals surface area contributed by atoms with Gasteiger partial charge in [-0.2, -0.15) is 5.10 Å². The van der Waals surface area contributed by atoms with E-state index < -0.39 is 0 Å². The highest BCUT2D eigenvalue weighted by Crippen LogP contribution is 2.45. The van der Waals surface area contributed by atoms with Crippen LogP contribution in [0.15, 0.2) is 0 Å². The Bertz CT molecular complexity index is 395. The zero-order valence-corrected chi connectivity index (χ0v) is 10.7. The van der Waals surface area contributed by atoms with E-state index in [1.165, 1.54) is 0 Å². The molecule has 4 N–H and O–H groups in total. The fourth-order valence-corrected chi connectivity index (χ4v) is 1.99. The molecule has 1 aromatic heterocycles. The Kier molecular flexibility index (Phi) is 3.28. The van der Waals surface area contributed by atoms with Gasteiger partial charge in [-0.05, 0) is 26.2 Å². The van der Waals surface area contributed by atoms with Crippen LogP contribution in [0.5, 0.6) is 0 Å². The van der Waals surface area contributed by atoms with Gasteiger partial charge in [-0.15, -0.1) is 0 Å². The van der Waals surface area contributed by atoms with Crippen LogP contribution in [0.1, 0.15) is 31.9 Å². The Hall–Kier alpha value is -1.23. The second-order valence-corrected chi connectivity index (χ2v) is 5.08. The van der Waals surface area contributed by atoms with Crippen molar-refractivity contribution in [2.24, 2.45) is 5.41 Å². The lowest BCUT2D eigenvalue weighted by atomic mass is 10.1. The molecule has 1 aliphatic carbocycles. The lowest BCUT2D eigenvalue weighted by Gasteiger charge is -2.15. The summed E-state index contributed by atoms with van der Waals surface area (Å²) < 4.78 is 1.93. The van der Waals surface area contributed by atoms with Crippen molar-refractivity contribution in [1.29, 1.82) is 0 Å². The van der Waals surface area contributed by atoms with Crippen molar-refractivity contribution in [2.75, 3.05) is 24.2 Å². The Morgan fingerprint density at radius 1 is 1.53 bits per heavy atom. The molecule has 0 unspecified atom stereocenters. The van der Waals surface area contributed by atoms with Crippen LogP contribution < -0.4 is 11.1 Å². The van der Waals surface area contributed by atoms with Crippen molar-refractivity contribution >= 4 is 11.5 Å². The Morgan fingerprint density at radius 2 is 2.24 bits per heavy atom. The molecule has 1 aromatic rings. The first-order chi connectivity index (χ1) is 8.12. The van der Waals surface area contributed by atoms with Crippen molar-refractivity contribution < 1.29 is 5.11 Å². The lowest BCUT2D eigenvalue weighted by molar-refractivity contribution is 0.219. The second kappa shape index (κ2) is 4.56. The molecule has 1 aliphatic rings. The highest BCUT2D eigenvalue weighted by atomic mass is 16.3. The Labute approximate surface area is 102 Å². The van der Waals surface area contributed by atoms with Crippen molar-refractivity contribution in [1.82, 2.24) is 9.78 Å². The molecule has 0 atom stereocenters. The molecule has 17 heavy (non-hydrogen) atoms. The summed E-state index contributed by atoms with van der Waals surface area (Å²) >= 11 is 0. The van der Waals surface area contributed by atoms with Gasteiger partial charge in [-0.25, -0.2) is 4.68 Å². The molecule has 0 aliphatic heterocycles. The highest BCUT2D eigenvalue weighted by Gasteiger charge is 2.42. The Morgan fingerprint density at radius 3 is 2.76 bits per heavy atom. The van der Waals surface area contributed by atoms with Crippen molar-refractivity contribution in [2.45, 2.75) is 39.7 Å². The van der Waals surface area contributed by atoms with Crippen molar-refractivity contribution in [3.8, 4) is 0 Å². The molecular formula is C12H22N4O. The maximum Gasteiger partial charge on any atom is 0.148 e. The molecular weight excluding hydrogens is 216 g/mol. The third-order valence-corrected chi connectivity index (χ3v) is 3.53. The van der Waals surface area contributed by atoms with Crippen LogP contribution in [0.4, 0.5) is 11.5 Å². The van der Waals surface area contributed by atoms with Crippen LogP contribution >= 0.6 is 0 Å². The van der Waals surface area contributed by atoms with E-state index in [1.807, 2.05) is 11.6 Å². The van der Waals surface area contributed by atoms with E-state index in [1.54, 1.807) is 0 Å². The molecule has 5 nitrogen and oxygen atoms in total. The van der Waals surface area contributed by atoms with Gasteiger partial charge in [0.15, 0.2) is 0 Å². The second-order valence-electron chi connectivity index (χ2n) is 5.08. The largest absolute Gasteiger partial charge is 0.396 e. The number of aromatic nitrogens is 2. The van der Waals surface area contributed by atoms with Gasteiger partial charge in [0.25, 0.3) is 0 Å². The number of hydrogen-bond acceptors (Lipinski definition) is 4. The minimum Gasteiger partial charge on any atom is -0.396 e. The molecule has 1 heterocycles. The zero-order valence-electron chi connectivity index (χ0n) is 10.7. The summed E-state index contributed by atoms with van der Waals surface area (Å²) in [5, 5.41) is 17.1. The van der Waals surface area contributed by atoms with E-state index in [0.717, 1.165) is 49.6 Å². The number of aryl methyl sites for hydroxylation is 2. The summed E-state index contributed by atoms with van der Waals surface area (Å²) in [6, 6.07) is 0. The van der Waals surface area contributed by atoms with Gasteiger partial charge in [-0.3, -0.25) is 0 Å². The van der Waals surface area contributed by atoms with Crippen LogP contribution in [-0.2, 0) is 6.54 Å². The molecule has 1 saturated carbocycles. The topological polar surface area (TPSA) is 76.1 Å². The third kappa shape index (κ3) is 2.39. The number of hydrogen-bond donors (Lipinski definition) is 3. The molecule has 2 rings (SSSR count). The lowest BCUT2D eigenvalue weighted by Crippen LogP contribution is -2.21. The number of nitrogens with two attached hydrogens (primary N) is 1. The van der Waals surface area contributed by atoms with Gasteiger partial charge in [-0.1, -0.05) is 6.92 Å².